The second kappa shape index (κ2) is 6.81. The van der Waals surface area contributed by atoms with Gasteiger partial charge in [0.1, 0.15) is 0 Å². The predicted octanol–water partition coefficient (Wildman–Crippen LogP) is 5.77. The van der Waals surface area contributed by atoms with Gasteiger partial charge in [0.25, 0.3) is 0 Å². The standard InChI is InChI=1S/C17H34/c1-7-10-16-13(5)14(6)17(16)11-15(9-3)12(4)8-2/h12-17H,7-11H2,1-6H3. The van der Waals surface area contributed by atoms with Crippen LogP contribution in [0.5, 0.6) is 0 Å². The van der Waals surface area contributed by atoms with Gasteiger partial charge in [-0.3, -0.25) is 0 Å². The van der Waals surface area contributed by atoms with Crippen molar-refractivity contribution in [3.63, 3.8) is 0 Å². The molecule has 0 heterocycles. The van der Waals surface area contributed by atoms with Gasteiger partial charge in [-0.2, -0.15) is 0 Å². The lowest BCUT2D eigenvalue weighted by Crippen LogP contribution is -2.44. The van der Waals surface area contributed by atoms with Crippen LogP contribution in [-0.4, -0.2) is 0 Å². The lowest BCUT2D eigenvalue weighted by atomic mass is 9.54. The lowest BCUT2D eigenvalue weighted by Gasteiger charge is -2.51. The summed E-state index contributed by atoms with van der Waals surface area (Å²) in [5.41, 5.74) is 0. The minimum Gasteiger partial charge on any atom is -0.0654 e. The minimum absolute atomic E-state index is 0.922. The Bertz CT molecular complexity index is 208. The molecule has 1 aliphatic carbocycles. The second-order valence-corrected chi connectivity index (χ2v) is 6.62. The van der Waals surface area contributed by atoms with Crippen molar-refractivity contribution >= 4 is 0 Å². The van der Waals surface area contributed by atoms with E-state index >= 15 is 0 Å². The number of hydrogen-bond acceptors (Lipinski definition) is 0. The van der Waals surface area contributed by atoms with Crippen LogP contribution in [0.25, 0.3) is 0 Å². The van der Waals surface area contributed by atoms with Gasteiger partial charge in [-0.25, -0.2) is 0 Å². The zero-order valence-electron chi connectivity index (χ0n) is 13.0. The molecule has 0 spiro atoms. The summed E-state index contributed by atoms with van der Waals surface area (Å²) in [6, 6.07) is 0. The highest BCUT2D eigenvalue weighted by molar-refractivity contribution is 4.93. The number of rotatable bonds is 7. The molecule has 0 N–H and O–H groups in total. The molecular weight excluding hydrogens is 204 g/mol. The molecule has 0 aromatic rings. The van der Waals surface area contributed by atoms with E-state index in [0.29, 0.717) is 0 Å². The topological polar surface area (TPSA) is 0 Å². The molecule has 0 nitrogen and oxygen atoms in total. The molecule has 0 aliphatic heterocycles. The van der Waals surface area contributed by atoms with Crippen LogP contribution in [-0.2, 0) is 0 Å². The van der Waals surface area contributed by atoms with E-state index in [0.717, 1.165) is 35.5 Å². The van der Waals surface area contributed by atoms with Gasteiger partial charge in [-0.05, 0) is 41.9 Å². The third-order valence-electron chi connectivity index (χ3n) is 5.90. The van der Waals surface area contributed by atoms with Gasteiger partial charge in [-0.15, -0.1) is 0 Å². The second-order valence-electron chi connectivity index (χ2n) is 6.62. The molecule has 1 aliphatic rings. The van der Waals surface area contributed by atoms with Crippen LogP contribution in [0.15, 0.2) is 0 Å². The first-order valence-corrected chi connectivity index (χ1v) is 8.06. The normalized spacial score (nSPS) is 36.4. The van der Waals surface area contributed by atoms with Crippen molar-refractivity contribution in [2.75, 3.05) is 0 Å². The zero-order valence-corrected chi connectivity index (χ0v) is 13.0. The van der Waals surface area contributed by atoms with E-state index in [-0.39, 0.29) is 0 Å². The predicted molar refractivity (Wildman–Crippen MR) is 78.1 cm³/mol. The van der Waals surface area contributed by atoms with E-state index in [1.807, 2.05) is 0 Å². The summed E-state index contributed by atoms with van der Waals surface area (Å²) in [7, 11) is 0. The van der Waals surface area contributed by atoms with Gasteiger partial charge < -0.3 is 0 Å². The van der Waals surface area contributed by atoms with Gasteiger partial charge >= 0.3 is 0 Å². The largest absolute Gasteiger partial charge is 0.0654 e. The summed E-state index contributed by atoms with van der Waals surface area (Å²) >= 11 is 0. The zero-order chi connectivity index (χ0) is 13.0. The van der Waals surface area contributed by atoms with Crippen LogP contribution < -0.4 is 0 Å². The van der Waals surface area contributed by atoms with Crippen molar-refractivity contribution in [1.29, 1.82) is 0 Å². The van der Waals surface area contributed by atoms with Crippen LogP contribution in [0.3, 0.4) is 0 Å². The van der Waals surface area contributed by atoms with E-state index in [2.05, 4.69) is 41.5 Å². The fourth-order valence-electron chi connectivity index (χ4n) is 4.10. The fraction of sp³-hybridized carbons (Fsp3) is 1.00. The minimum atomic E-state index is 0.922. The molecule has 0 amide bonds. The average molecular weight is 238 g/mol. The Hall–Kier alpha value is 0. The summed E-state index contributed by atoms with van der Waals surface area (Å²) in [5.74, 6) is 5.92. The Kier molecular flexibility index (Phi) is 6.03. The van der Waals surface area contributed by atoms with Gasteiger partial charge in [0.05, 0.1) is 0 Å². The molecule has 1 fully saturated rings. The maximum absolute atomic E-state index is 2.49. The van der Waals surface area contributed by atoms with Crippen molar-refractivity contribution in [3.8, 4) is 0 Å². The molecule has 17 heavy (non-hydrogen) atoms. The summed E-state index contributed by atoms with van der Waals surface area (Å²) in [4.78, 5) is 0. The lowest BCUT2D eigenvalue weighted by molar-refractivity contribution is -0.0257. The van der Waals surface area contributed by atoms with E-state index in [9.17, 15) is 0 Å². The van der Waals surface area contributed by atoms with E-state index < -0.39 is 0 Å². The molecule has 0 aromatic heterocycles. The Labute approximate surface area is 110 Å². The highest BCUT2D eigenvalue weighted by Crippen LogP contribution is 2.51. The third kappa shape index (κ3) is 3.26. The molecular formula is C17H34. The first-order valence-electron chi connectivity index (χ1n) is 8.06. The number of hydrogen-bond donors (Lipinski definition) is 0. The Morgan fingerprint density at radius 1 is 0.882 bits per heavy atom. The van der Waals surface area contributed by atoms with Gasteiger partial charge in [0.2, 0.25) is 0 Å². The van der Waals surface area contributed by atoms with Gasteiger partial charge in [0.15, 0.2) is 0 Å². The first-order chi connectivity index (χ1) is 8.06. The molecule has 0 bridgehead atoms. The monoisotopic (exact) mass is 238 g/mol. The highest BCUT2D eigenvalue weighted by atomic mass is 14.5. The molecule has 102 valence electrons. The van der Waals surface area contributed by atoms with E-state index in [4.69, 9.17) is 0 Å². The molecule has 0 heteroatoms. The van der Waals surface area contributed by atoms with Crippen molar-refractivity contribution in [1.82, 2.24) is 0 Å². The molecule has 0 aromatic carbocycles. The van der Waals surface area contributed by atoms with Crippen LogP contribution in [0.2, 0.25) is 0 Å². The summed E-state index contributed by atoms with van der Waals surface area (Å²) in [5, 5.41) is 0. The van der Waals surface area contributed by atoms with Crippen molar-refractivity contribution in [3.05, 3.63) is 0 Å². The smallest absolute Gasteiger partial charge is 0.0352 e. The van der Waals surface area contributed by atoms with Crippen molar-refractivity contribution in [2.45, 2.75) is 73.6 Å². The maximum Gasteiger partial charge on any atom is -0.0352 e. The Morgan fingerprint density at radius 3 is 1.94 bits per heavy atom. The summed E-state index contributed by atoms with van der Waals surface area (Å²) in [6.07, 6.45) is 7.08. The molecule has 1 rings (SSSR count). The van der Waals surface area contributed by atoms with E-state index in [1.165, 1.54) is 32.1 Å². The maximum atomic E-state index is 2.49. The van der Waals surface area contributed by atoms with Gasteiger partial charge in [0, 0.05) is 0 Å². The highest BCUT2D eigenvalue weighted by Gasteiger charge is 2.44. The first kappa shape index (κ1) is 15.1. The SMILES string of the molecule is CCCC1C(C)C(C)C1CC(CC)C(C)CC. The fourth-order valence-corrected chi connectivity index (χ4v) is 4.10. The van der Waals surface area contributed by atoms with Crippen molar-refractivity contribution in [2.24, 2.45) is 35.5 Å². The molecule has 1 saturated carbocycles. The van der Waals surface area contributed by atoms with Crippen LogP contribution in [0, 0.1) is 35.5 Å². The molecule has 0 radical (unpaired) electrons. The molecule has 0 saturated heterocycles. The quantitative estimate of drug-likeness (QED) is 0.528. The van der Waals surface area contributed by atoms with Crippen molar-refractivity contribution < 1.29 is 0 Å². The Balaban J connectivity index is 2.53. The van der Waals surface area contributed by atoms with Gasteiger partial charge in [-0.1, -0.05) is 67.2 Å². The van der Waals surface area contributed by atoms with Crippen LogP contribution in [0.4, 0.5) is 0 Å². The summed E-state index contributed by atoms with van der Waals surface area (Å²) < 4.78 is 0. The van der Waals surface area contributed by atoms with E-state index in [1.54, 1.807) is 0 Å². The average Bonchev–Trinajstić information content (AvgIpc) is 2.36. The molecule has 6 atom stereocenters. The van der Waals surface area contributed by atoms with Crippen LogP contribution >= 0.6 is 0 Å². The third-order valence-corrected chi connectivity index (χ3v) is 5.90. The van der Waals surface area contributed by atoms with Crippen LogP contribution in [0.1, 0.15) is 73.6 Å². The summed E-state index contributed by atoms with van der Waals surface area (Å²) in [6.45, 7) is 14.5. The Morgan fingerprint density at radius 2 is 1.47 bits per heavy atom. The molecule has 6 unspecified atom stereocenters.